The van der Waals surface area contributed by atoms with Crippen LogP contribution in [0.2, 0.25) is 0 Å². The monoisotopic (exact) mass is 753 g/mol. The highest BCUT2D eigenvalue weighted by atomic mass is 32.2. The van der Waals surface area contributed by atoms with Crippen LogP contribution in [0.25, 0.3) is 11.6 Å². The first-order valence-electron chi connectivity index (χ1n) is 15.4. The number of carbonyl (C=O) groups excluding carboxylic acids is 5. The Hall–Kier alpha value is -4.60. The molecular formula is C36H35NO11S3. The maximum absolute atomic E-state index is 14.4. The van der Waals surface area contributed by atoms with Gasteiger partial charge in [0.1, 0.15) is 30.3 Å². The molecule has 0 aliphatic carbocycles. The van der Waals surface area contributed by atoms with Gasteiger partial charge < -0.3 is 28.4 Å². The van der Waals surface area contributed by atoms with E-state index in [0.717, 1.165) is 62.2 Å². The summed E-state index contributed by atoms with van der Waals surface area (Å²) in [5, 5.41) is 0. The van der Waals surface area contributed by atoms with Gasteiger partial charge in [-0.15, -0.1) is 0 Å². The number of hydrogen-bond donors (Lipinski definition) is 0. The number of anilines is 1. The Labute approximate surface area is 307 Å². The molecule has 0 saturated carbocycles. The van der Waals surface area contributed by atoms with Crippen LogP contribution in [0.3, 0.4) is 0 Å². The van der Waals surface area contributed by atoms with Gasteiger partial charge in [-0.2, -0.15) is 0 Å². The molecule has 12 nitrogen and oxygen atoms in total. The zero-order valence-corrected chi connectivity index (χ0v) is 31.5. The highest BCUT2D eigenvalue weighted by Crippen LogP contribution is 2.71. The second-order valence-electron chi connectivity index (χ2n) is 11.4. The fourth-order valence-electron chi connectivity index (χ4n) is 5.90. The average Bonchev–Trinajstić information content (AvgIpc) is 3.52. The van der Waals surface area contributed by atoms with Crippen LogP contribution in [0.5, 0.6) is 11.5 Å². The van der Waals surface area contributed by atoms with E-state index in [1.807, 2.05) is 19.1 Å². The molecule has 268 valence electrons. The number of hydrogen-bond acceptors (Lipinski definition) is 14. The zero-order valence-electron chi connectivity index (χ0n) is 29.1. The maximum atomic E-state index is 14.4. The quantitative estimate of drug-likeness (QED) is 0.175. The normalized spacial score (nSPS) is 17.2. The van der Waals surface area contributed by atoms with E-state index in [0.29, 0.717) is 39.8 Å². The van der Waals surface area contributed by atoms with Crippen molar-refractivity contribution in [1.29, 1.82) is 0 Å². The summed E-state index contributed by atoms with van der Waals surface area (Å²) in [6.45, 7) is 5.78. The summed E-state index contributed by atoms with van der Waals surface area (Å²) in [6, 6.07) is 12.4. The van der Waals surface area contributed by atoms with E-state index in [2.05, 4.69) is 0 Å². The molecule has 0 atom stereocenters. The van der Waals surface area contributed by atoms with E-state index in [-0.39, 0.29) is 20.3 Å². The number of carbonyl (C=O) groups is 5. The van der Waals surface area contributed by atoms with E-state index in [1.165, 1.54) is 13.2 Å². The van der Waals surface area contributed by atoms with Gasteiger partial charge in [-0.25, -0.2) is 19.2 Å². The van der Waals surface area contributed by atoms with E-state index >= 15 is 0 Å². The van der Waals surface area contributed by atoms with Gasteiger partial charge >= 0.3 is 23.9 Å². The van der Waals surface area contributed by atoms with Crippen LogP contribution in [0.15, 0.2) is 73.7 Å². The second-order valence-corrected chi connectivity index (χ2v) is 15.1. The number of rotatable bonds is 9. The third kappa shape index (κ3) is 6.53. The van der Waals surface area contributed by atoms with Crippen molar-refractivity contribution in [3.63, 3.8) is 0 Å². The van der Waals surface area contributed by atoms with E-state index in [1.54, 1.807) is 62.3 Å². The van der Waals surface area contributed by atoms with Crippen molar-refractivity contribution in [1.82, 2.24) is 0 Å². The van der Waals surface area contributed by atoms with E-state index in [9.17, 15) is 24.0 Å². The van der Waals surface area contributed by atoms with Crippen LogP contribution in [-0.4, -0.2) is 81.6 Å². The van der Waals surface area contributed by atoms with Crippen LogP contribution in [0, 0.1) is 0 Å². The van der Waals surface area contributed by atoms with Crippen molar-refractivity contribution in [3.8, 4) is 11.5 Å². The van der Waals surface area contributed by atoms with Gasteiger partial charge in [-0.3, -0.25) is 9.69 Å². The molecule has 3 aliphatic rings. The molecule has 0 unspecified atom stereocenters. The van der Waals surface area contributed by atoms with Gasteiger partial charge in [-0.1, -0.05) is 47.4 Å². The zero-order chi connectivity index (χ0) is 37.2. The minimum atomic E-state index is -1.70. The van der Waals surface area contributed by atoms with Crippen molar-refractivity contribution in [2.45, 2.75) is 30.4 Å². The van der Waals surface area contributed by atoms with Gasteiger partial charge in [0.2, 0.25) is 0 Å². The third-order valence-corrected chi connectivity index (χ3v) is 12.8. The molecule has 3 heterocycles. The van der Waals surface area contributed by atoms with Crippen LogP contribution in [0.1, 0.15) is 31.9 Å². The van der Waals surface area contributed by atoms with Crippen molar-refractivity contribution in [3.05, 3.63) is 84.9 Å². The average molecular weight is 754 g/mol. The molecule has 0 radical (unpaired) electrons. The SMILES string of the molecule is CCOc1ccc2c(c1)N(C(=O)C=Cc1ccc(OC)cc1)C(C)(C)C1=C2C2(SC(C(=O)OC)=C(C(=O)OC)S2)C(C(=O)OC)=C(C(=O)OC)S1. The number of thioether (sulfide) groups is 3. The first kappa shape index (κ1) is 37.7. The molecule has 5 rings (SSSR count). The molecule has 3 aliphatic heterocycles. The Morgan fingerprint density at radius 1 is 0.745 bits per heavy atom. The Morgan fingerprint density at radius 2 is 1.29 bits per heavy atom. The van der Waals surface area contributed by atoms with Gasteiger partial charge in [-0.05, 0) is 56.7 Å². The summed E-state index contributed by atoms with van der Waals surface area (Å²) in [5.41, 5.74) is 0.738. The molecule has 51 heavy (non-hydrogen) atoms. The Balaban J connectivity index is 1.82. The summed E-state index contributed by atoms with van der Waals surface area (Å²) in [4.78, 5) is 70.0. The number of benzene rings is 2. The molecule has 0 bridgehead atoms. The minimum Gasteiger partial charge on any atom is -0.497 e. The predicted molar refractivity (Wildman–Crippen MR) is 196 cm³/mol. The summed E-state index contributed by atoms with van der Waals surface area (Å²) >= 11 is 2.67. The highest BCUT2D eigenvalue weighted by molar-refractivity contribution is 8.26. The number of nitrogens with zero attached hydrogens (tertiary/aromatic N) is 1. The summed E-state index contributed by atoms with van der Waals surface area (Å²) < 4.78 is 29.9. The Morgan fingerprint density at radius 3 is 1.82 bits per heavy atom. The summed E-state index contributed by atoms with van der Waals surface area (Å²) in [5.74, 6) is -2.71. The van der Waals surface area contributed by atoms with Crippen molar-refractivity contribution < 1.29 is 52.4 Å². The molecule has 2 aromatic carbocycles. The van der Waals surface area contributed by atoms with Crippen LogP contribution >= 0.6 is 35.3 Å². The molecule has 0 fully saturated rings. The number of fused-ring (bicyclic) bond motifs is 3. The molecule has 0 aromatic heterocycles. The van der Waals surface area contributed by atoms with Crippen molar-refractivity contribution in [2.24, 2.45) is 0 Å². The molecular weight excluding hydrogens is 719 g/mol. The van der Waals surface area contributed by atoms with Gasteiger partial charge in [0, 0.05) is 28.2 Å². The van der Waals surface area contributed by atoms with Crippen molar-refractivity contribution >= 4 is 82.4 Å². The Bertz CT molecular complexity index is 1910. The number of ether oxygens (including phenoxy) is 6. The topological polar surface area (TPSA) is 144 Å². The number of methoxy groups -OCH3 is 5. The molecule has 2 aromatic rings. The Kier molecular flexibility index (Phi) is 11.0. The molecule has 0 saturated heterocycles. The lowest BCUT2D eigenvalue weighted by atomic mass is 9.83. The van der Waals surface area contributed by atoms with Gasteiger partial charge in [0.05, 0.1) is 59.0 Å². The van der Waals surface area contributed by atoms with Crippen LogP contribution < -0.4 is 14.4 Å². The lowest BCUT2D eigenvalue weighted by Crippen LogP contribution is -2.53. The first-order chi connectivity index (χ1) is 24.3. The lowest BCUT2D eigenvalue weighted by Gasteiger charge is -2.50. The summed E-state index contributed by atoms with van der Waals surface area (Å²) in [6.07, 6.45) is 3.12. The maximum Gasteiger partial charge on any atom is 0.345 e. The smallest absolute Gasteiger partial charge is 0.345 e. The van der Waals surface area contributed by atoms with E-state index < -0.39 is 39.4 Å². The number of amides is 1. The predicted octanol–water partition coefficient (Wildman–Crippen LogP) is 5.72. The van der Waals surface area contributed by atoms with Gasteiger partial charge in [0.25, 0.3) is 5.91 Å². The second kappa shape index (κ2) is 14.9. The van der Waals surface area contributed by atoms with Crippen LogP contribution in [0.4, 0.5) is 5.69 Å². The lowest BCUT2D eigenvalue weighted by molar-refractivity contribution is -0.138. The van der Waals surface area contributed by atoms with Gasteiger partial charge in [0.15, 0.2) is 0 Å². The molecule has 1 spiro atoms. The number of esters is 4. The summed E-state index contributed by atoms with van der Waals surface area (Å²) in [7, 11) is 6.23. The largest absolute Gasteiger partial charge is 0.497 e. The van der Waals surface area contributed by atoms with Crippen molar-refractivity contribution in [2.75, 3.05) is 47.1 Å². The first-order valence-corrected chi connectivity index (χ1v) is 17.8. The standard InChI is InChI=1S/C36H35NO11S3/c1-9-48-21-15-16-22-23(18-21)37(24(38)17-12-19-10-13-20(43-4)14-11-19)35(2,3)30-25(22)36(26(31(39)44-5)27(49-30)32(40)45-6)50-28(33(41)46-7)29(51-36)34(42)47-8/h10-18H,9H2,1-8H3. The fourth-order valence-corrected chi connectivity index (χ4v) is 11.0. The molecule has 15 heteroatoms. The van der Waals surface area contributed by atoms with Crippen LogP contribution in [-0.2, 0) is 42.9 Å². The minimum absolute atomic E-state index is 0.134. The third-order valence-electron chi connectivity index (χ3n) is 8.18. The molecule has 0 N–H and O–H groups in total. The van der Waals surface area contributed by atoms with E-state index in [4.69, 9.17) is 28.4 Å². The fraction of sp³-hybridized carbons (Fsp3) is 0.306. The molecule has 1 amide bonds. The highest BCUT2D eigenvalue weighted by Gasteiger charge is 2.61.